The van der Waals surface area contributed by atoms with Crippen LogP contribution >= 0.6 is 0 Å². The zero-order chi connectivity index (χ0) is 14.4. The molecule has 0 bridgehead atoms. The quantitative estimate of drug-likeness (QED) is 0.739. The number of para-hydroxylation sites is 1. The first-order valence-corrected chi connectivity index (χ1v) is 6.54. The molecule has 100 valence electrons. The number of carbonyl (C=O) groups is 1. The highest BCUT2D eigenvalue weighted by Crippen LogP contribution is 2.35. The van der Waals surface area contributed by atoms with Crippen LogP contribution in [0.25, 0.3) is 22.2 Å². The largest absolute Gasteiger partial charge is 0.506 e. The maximum Gasteiger partial charge on any atom is 0.199 e. The minimum atomic E-state index is -0.215. The molecule has 1 N–H and O–H groups in total. The molecule has 1 aliphatic rings. The Hall–Kier alpha value is -3.01. The first kappa shape index (κ1) is 11.8. The summed E-state index contributed by atoms with van der Waals surface area (Å²) in [4.78, 5) is 20.9. The van der Waals surface area contributed by atoms with Gasteiger partial charge >= 0.3 is 0 Å². The second-order valence-corrected chi connectivity index (χ2v) is 4.86. The van der Waals surface area contributed by atoms with Crippen molar-refractivity contribution < 1.29 is 9.90 Å². The summed E-state index contributed by atoms with van der Waals surface area (Å²) in [6.07, 6.45) is 3.04. The van der Waals surface area contributed by atoms with E-state index in [4.69, 9.17) is 0 Å². The van der Waals surface area contributed by atoms with Crippen LogP contribution in [0.1, 0.15) is 21.6 Å². The number of hydrogen-bond donors (Lipinski definition) is 1. The first-order chi connectivity index (χ1) is 10.3. The smallest absolute Gasteiger partial charge is 0.199 e. The highest BCUT2D eigenvalue weighted by molar-refractivity contribution is 6.38. The van der Waals surface area contributed by atoms with Gasteiger partial charge in [0.15, 0.2) is 5.78 Å². The topological polar surface area (TPSA) is 63.1 Å². The molecule has 0 saturated heterocycles. The predicted molar refractivity (Wildman–Crippen MR) is 79.8 cm³/mol. The number of allylic oxidation sites excluding steroid dienone is 1. The second kappa shape index (κ2) is 4.24. The van der Waals surface area contributed by atoms with Crippen LogP contribution in [-0.4, -0.2) is 20.9 Å². The Morgan fingerprint density at radius 2 is 1.81 bits per heavy atom. The Balaban J connectivity index is 1.93. The van der Waals surface area contributed by atoms with Gasteiger partial charge in [-0.15, -0.1) is 0 Å². The Labute approximate surface area is 120 Å². The number of aliphatic hydroxyl groups excluding tert-OH is 1. The zero-order valence-electron chi connectivity index (χ0n) is 10.9. The molecule has 2 heterocycles. The lowest BCUT2D eigenvalue weighted by atomic mass is 10.1. The normalized spacial score (nSPS) is 13.8. The summed E-state index contributed by atoms with van der Waals surface area (Å²) in [7, 11) is 0. The summed E-state index contributed by atoms with van der Waals surface area (Å²) in [5, 5.41) is 11.3. The van der Waals surface area contributed by atoms with E-state index in [-0.39, 0.29) is 17.1 Å². The summed E-state index contributed by atoms with van der Waals surface area (Å²) >= 11 is 0. The van der Waals surface area contributed by atoms with E-state index in [0.29, 0.717) is 16.8 Å². The number of pyridine rings is 2. The van der Waals surface area contributed by atoms with Crippen molar-refractivity contribution in [1.29, 1.82) is 0 Å². The van der Waals surface area contributed by atoms with Gasteiger partial charge in [0, 0.05) is 28.9 Å². The summed E-state index contributed by atoms with van der Waals surface area (Å²) in [5.74, 6) is -0.265. The molecule has 3 aromatic rings. The van der Waals surface area contributed by atoms with Gasteiger partial charge < -0.3 is 5.11 Å². The van der Waals surface area contributed by atoms with Crippen molar-refractivity contribution in [2.24, 2.45) is 0 Å². The number of aromatic nitrogens is 2. The van der Waals surface area contributed by atoms with Crippen LogP contribution in [0, 0.1) is 0 Å². The molecule has 4 heteroatoms. The van der Waals surface area contributed by atoms with E-state index in [1.54, 1.807) is 18.3 Å². The van der Waals surface area contributed by atoms with Gasteiger partial charge in [-0.25, -0.2) is 4.98 Å². The molecule has 2 aromatic heterocycles. The number of rotatable bonds is 1. The van der Waals surface area contributed by atoms with Crippen molar-refractivity contribution >= 4 is 28.0 Å². The van der Waals surface area contributed by atoms with Gasteiger partial charge in [-0.05, 0) is 18.2 Å². The number of hydrogen-bond acceptors (Lipinski definition) is 4. The molecule has 0 fully saturated rings. The van der Waals surface area contributed by atoms with Gasteiger partial charge in [-0.2, -0.15) is 0 Å². The molecule has 0 radical (unpaired) electrons. The van der Waals surface area contributed by atoms with Gasteiger partial charge in [0.1, 0.15) is 5.76 Å². The van der Waals surface area contributed by atoms with Gasteiger partial charge in [-0.3, -0.25) is 9.78 Å². The molecular formula is C17H10N2O2. The first-order valence-electron chi connectivity index (χ1n) is 6.54. The second-order valence-electron chi connectivity index (χ2n) is 4.86. The van der Waals surface area contributed by atoms with Crippen molar-refractivity contribution in [2.45, 2.75) is 0 Å². The number of ketones is 1. The number of fused-ring (bicyclic) bond motifs is 2. The summed E-state index contributed by atoms with van der Waals surface area (Å²) < 4.78 is 0. The van der Waals surface area contributed by atoms with Crippen LogP contribution < -0.4 is 0 Å². The van der Waals surface area contributed by atoms with E-state index in [0.717, 1.165) is 10.9 Å². The minimum Gasteiger partial charge on any atom is -0.506 e. The van der Waals surface area contributed by atoms with Crippen LogP contribution in [0.15, 0.2) is 54.9 Å². The average molecular weight is 274 g/mol. The van der Waals surface area contributed by atoms with E-state index in [1.165, 1.54) is 6.20 Å². The molecule has 1 aromatic carbocycles. The molecule has 0 unspecified atom stereocenters. The summed E-state index contributed by atoms with van der Waals surface area (Å²) in [6, 6.07) is 12.9. The number of Topliss-reactive ketones (excluding diaryl/α,β-unsaturated/α-hetero) is 1. The molecule has 0 atom stereocenters. The number of aliphatic hydroxyl groups is 1. The molecular weight excluding hydrogens is 264 g/mol. The Morgan fingerprint density at radius 1 is 0.952 bits per heavy atom. The lowest BCUT2D eigenvalue weighted by Gasteiger charge is -2.03. The SMILES string of the molecule is O=C1C(c2ccc3ccccc3n2)=C(O)c2cnccc21. The van der Waals surface area contributed by atoms with E-state index in [1.807, 2.05) is 30.3 Å². The van der Waals surface area contributed by atoms with Gasteiger partial charge in [0.05, 0.1) is 16.8 Å². The van der Waals surface area contributed by atoms with Crippen molar-refractivity contribution in [3.8, 4) is 0 Å². The Kier molecular flexibility index (Phi) is 2.38. The third-order valence-corrected chi connectivity index (χ3v) is 3.64. The highest BCUT2D eigenvalue weighted by atomic mass is 16.3. The standard InChI is InChI=1S/C17H10N2O2/c20-16-11-7-8-18-9-12(11)17(21)15(16)14-6-5-10-3-1-2-4-13(10)19-14/h1-9,21H. The average Bonchev–Trinajstić information content (AvgIpc) is 2.79. The monoisotopic (exact) mass is 274 g/mol. The van der Waals surface area contributed by atoms with Crippen LogP contribution in [0.3, 0.4) is 0 Å². The van der Waals surface area contributed by atoms with Crippen molar-refractivity contribution in [1.82, 2.24) is 9.97 Å². The highest BCUT2D eigenvalue weighted by Gasteiger charge is 2.31. The van der Waals surface area contributed by atoms with E-state index < -0.39 is 0 Å². The van der Waals surface area contributed by atoms with Gasteiger partial charge in [0.25, 0.3) is 0 Å². The fourth-order valence-corrected chi connectivity index (χ4v) is 2.60. The number of carbonyl (C=O) groups excluding carboxylic acids is 1. The molecule has 0 amide bonds. The lowest BCUT2D eigenvalue weighted by molar-refractivity contribution is 0.105. The van der Waals surface area contributed by atoms with E-state index >= 15 is 0 Å². The minimum absolute atomic E-state index is 0.0501. The van der Waals surface area contributed by atoms with Crippen molar-refractivity contribution in [2.75, 3.05) is 0 Å². The number of benzene rings is 1. The van der Waals surface area contributed by atoms with Crippen LogP contribution in [0.5, 0.6) is 0 Å². The Morgan fingerprint density at radius 3 is 2.67 bits per heavy atom. The third kappa shape index (κ3) is 1.66. The van der Waals surface area contributed by atoms with Crippen molar-refractivity contribution in [3.05, 3.63) is 71.7 Å². The van der Waals surface area contributed by atoms with Crippen molar-refractivity contribution in [3.63, 3.8) is 0 Å². The van der Waals surface area contributed by atoms with E-state index in [9.17, 15) is 9.90 Å². The van der Waals surface area contributed by atoms with Crippen LogP contribution in [0.2, 0.25) is 0 Å². The zero-order valence-corrected chi connectivity index (χ0v) is 10.9. The molecule has 1 aliphatic carbocycles. The fourth-order valence-electron chi connectivity index (χ4n) is 2.60. The molecule has 0 aliphatic heterocycles. The molecule has 21 heavy (non-hydrogen) atoms. The van der Waals surface area contributed by atoms with Gasteiger partial charge in [0.2, 0.25) is 0 Å². The summed E-state index contributed by atoms with van der Waals surface area (Å²) in [5.41, 5.74) is 2.44. The van der Waals surface area contributed by atoms with Crippen LogP contribution in [-0.2, 0) is 0 Å². The maximum atomic E-state index is 12.5. The number of nitrogens with zero attached hydrogens (tertiary/aromatic N) is 2. The molecule has 0 saturated carbocycles. The van der Waals surface area contributed by atoms with Crippen LogP contribution in [0.4, 0.5) is 0 Å². The molecule has 4 rings (SSSR count). The Bertz CT molecular complexity index is 929. The molecule has 4 nitrogen and oxygen atoms in total. The maximum absolute atomic E-state index is 12.5. The lowest BCUT2D eigenvalue weighted by Crippen LogP contribution is -2.00. The summed E-state index contributed by atoms with van der Waals surface area (Å²) in [6.45, 7) is 0. The third-order valence-electron chi connectivity index (χ3n) is 3.64. The predicted octanol–water partition coefficient (Wildman–Crippen LogP) is 3.25. The van der Waals surface area contributed by atoms with Gasteiger partial charge in [-0.1, -0.05) is 24.3 Å². The van der Waals surface area contributed by atoms with E-state index in [2.05, 4.69) is 9.97 Å². The fraction of sp³-hybridized carbons (Fsp3) is 0. The molecule has 0 spiro atoms.